The summed E-state index contributed by atoms with van der Waals surface area (Å²) in [6.07, 6.45) is 0.405. The van der Waals surface area contributed by atoms with Crippen molar-refractivity contribution in [2.24, 2.45) is 11.8 Å². The van der Waals surface area contributed by atoms with Gasteiger partial charge in [-0.15, -0.1) is 0 Å². The van der Waals surface area contributed by atoms with E-state index in [1.165, 1.54) is 0 Å². The summed E-state index contributed by atoms with van der Waals surface area (Å²) < 4.78 is 10.7. The van der Waals surface area contributed by atoms with Crippen LogP contribution in [0.25, 0.3) is 0 Å². The van der Waals surface area contributed by atoms with Gasteiger partial charge in [0, 0.05) is 32.7 Å². The molecule has 0 radical (unpaired) electrons. The minimum absolute atomic E-state index is 0.0573. The minimum Gasteiger partial charge on any atom is -0.496 e. The molecule has 1 amide bonds. The van der Waals surface area contributed by atoms with Crippen molar-refractivity contribution in [3.05, 3.63) is 28.8 Å². The molecule has 3 rings (SSSR count). The molecule has 7 heteroatoms. The zero-order valence-corrected chi connectivity index (χ0v) is 16.9. The van der Waals surface area contributed by atoms with E-state index in [1.54, 1.807) is 7.11 Å². The van der Waals surface area contributed by atoms with E-state index in [4.69, 9.17) is 9.47 Å². The summed E-state index contributed by atoms with van der Waals surface area (Å²) in [6.45, 7) is 8.00. The lowest BCUT2D eigenvalue weighted by Crippen LogP contribution is -2.51. The van der Waals surface area contributed by atoms with Gasteiger partial charge in [-0.3, -0.25) is 14.5 Å². The molecule has 1 N–H and O–H groups in total. The number of carboxylic acid groups (broad SMARTS) is 1. The molecular weight excluding hydrogens is 360 g/mol. The summed E-state index contributed by atoms with van der Waals surface area (Å²) in [5, 5.41) is 9.61. The molecule has 0 bridgehead atoms. The largest absolute Gasteiger partial charge is 0.496 e. The quantitative estimate of drug-likeness (QED) is 0.824. The van der Waals surface area contributed by atoms with E-state index in [2.05, 4.69) is 11.0 Å². The summed E-state index contributed by atoms with van der Waals surface area (Å²) in [4.78, 5) is 28.6. The number of carbonyl (C=O) groups excluding carboxylic acids is 1. The van der Waals surface area contributed by atoms with Crippen LogP contribution in [0.3, 0.4) is 0 Å². The molecule has 2 atom stereocenters. The maximum Gasteiger partial charge on any atom is 0.307 e. The van der Waals surface area contributed by atoms with E-state index >= 15 is 0 Å². The topological polar surface area (TPSA) is 79.3 Å². The fraction of sp³-hybridized carbons (Fsp3) is 0.619. The number of ether oxygens (including phenoxy) is 2. The second kappa shape index (κ2) is 8.92. The zero-order valence-electron chi connectivity index (χ0n) is 16.9. The van der Waals surface area contributed by atoms with E-state index in [9.17, 15) is 14.7 Å². The Kier molecular flexibility index (Phi) is 6.57. The van der Waals surface area contributed by atoms with Gasteiger partial charge in [0.1, 0.15) is 5.75 Å². The van der Waals surface area contributed by atoms with Crippen LogP contribution in [0.1, 0.15) is 23.1 Å². The van der Waals surface area contributed by atoms with Crippen molar-refractivity contribution in [1.29, 1.82) is 0 Å². The number of carboxylic acids is 1. The van der Waals surface area contributed by atoms with Crippen LogP contribution in [0.2, 0.25) is 0 Å². The highest BCUT2D eigenvalue weighted by Gasteiger charge is 2.37. The highest BCUT2D eigenvalue weighted by molar-refractivity contribution is 5.80. The SMILES string of the molecule is COc1cc(C)c(CN2C[C@@H](C(=O)O)C[C@@H](C(=O)N3CCOCC3)C2)cc1C. The molecule has 0 aliphatic carbocycles. The Labute approximate surface area is 166 Å². The van der Waals surface area contributed by atoms with Crippen LogP contribution in [-0.2, 0) is 20.9 Å². The molecule has 1 aromatic rings. The van der Waals surface area contributed by atoms with E-state index in [0.717, 1.165) is 22.4 Å². The van der Waals surface area contributed by atoms with Gasteiger partial charge in [-0.2, -0.15) is 0 Å². The Morgan fingerprint density at radius 2 is 1.82 bits per heavy atom. The van der Waals surface area contributed by atoms with Crippen molar-refractivity contribution in [3.63, 3.8) is 0 Å². The molecule has 154 valence electrons. The highest BCUT2D eigenvalue weighted by Crippen LogP contribution is 2.28. The summed E-state index contributed by atoms with van der Waals surface area (Å²) in [6, 6.07) is 4.11. The first-order valence-corrected chi connectivity index (χ1v) is 9.84. The first-order chi connectivity index (χ1) is 13.4. The molecule has 28 heavy (non-hydrogen) atoms. The van der Waals surface area contributed by atoms with Crippen LogP contribution in [0.15, 0.2) is 12.1 Å². The molecule has 7 nitrogen and oxygen atoms in total. The molecule has 2 aliphatic heterocycles. The zero-order chi connectivity index (χ0) is 20.3. The van der Waals surface area contributed by atoms with E-state index in [0.29, 0.717) is 52.4 Å². The monoisotopic (exact) mass is 390 g/mol. The molecule has 0 spiro atoms. The number of hydrogen-bond acceptors (Lipinski definition) is 5. The maximum atomic E-state index is 13.0. The molecular formula is C21H30N2O5. The number of benzene rings is 1. The molecule has 2 saturated heterocycles. The molecule has 1 aromatic carbocycles. The number of hydrogen-bond donors (Lipinski definition) is 1. The van der Waals surface area contributed by atoms with Gasteiger partial charge in [0.25, 0.3) is 0 Å². The molecule has 2 fully saturated rings. The van der Waals surface area contributed by atoms with Crippen molar-refractivity contribution in [3.8, 4) is 5.75 Å². The number of amides is 1. The van der Waals surface area contributed by atoms with Crippen molar-refractivity contribution in [1.82, 2.24) is 9.80 Å². The van der Waals surface area contributed by atoms with Crippen molar-refractivity contribution < 1.29 is 24.2 Å². The Morgan fingerprint density at radius 3 is 2.46 bits per heavy atom. The van der Waals surface area contributed by atoms with Gasteiger partial charge in [-0.05, 0) is 43.0 Å². The second-order valence-electron chi connectivity index (χ2n) is 7.85. The third kappa shape index (κ3) is 4.64. The number of likely N-dealkylation sites (tertiary alicyclic amines) is 1. The lowest BCUT2D eigenvalue weighted by Gasteiger charge is -2.38. The van der Waals surface area contributed by atoms with E-state index in [1.807, 2.05) is 24.8 Å². The Morgan fingerprint density at radius 1 is 1.14 bits per heavy atom. The maximum absolute atomic E-state index is 13.0. The fourth-order valence-electron chi connectivity index (χ4n) is 4.20. The van der Waals surface area contributed by atoms with Gasteiger partial charge in [0.2, 0.25) is 5.91 Å². The lowest BCUT2D eigenvalue weighted by atomic mass is 9.87. The normalized spacial score (nSPS) is 23.5. The Balaban J connectivity index is 1.75. The number of aryl methyl sites for hydroxylation is 2. The average molecular weight is 390 g/mol. The first-order valence-electron chi connectivity index (χ1n) is 9.84. The van der Waals surface area contributed by atoms with Crippen LogP contribution >= 0.6 is 0 Å². The summed E-state index contributed by atoms with van der Waals surface area (Å²) in [5.74, 6) is -0.728. The Bertz CT molecular complexity index is 730. The van der Waals surface area contributed by atoms with Gasteiger partial charge in [0.05, 0.1) is 32.2 Å². The molecule has 2 aliphatic rings. The highest BCUT2D eigenvalue weighted by atomic mass is 16.5. The van der Waals surface area contributed by atoms with Gasteiger partial charge < -0.3 is 19.5 Å². The van der Waals surface area contributed by atoms with Gasteiger partial charge in [0.15, 0.2) is 0 Å². The van der Waals surface area contributed by atoms with Crippen LogP contribution < -0.4 is 4.74 Å². The van der Waals surface area contributed by atoms with Gasteiger partial charge >= 0.3 is 5.97 Å². The molecule has 2 heterocycles. The van der Waals surface area contributed by atoms with E-state index in [-0.39, 0.29) is 11.8 Å². The fourth-order valence-corrected chi connectivity index (χ4v) is 4.20. The third-order valence-corrected chi connectivity index (χ3v) is 5.79. The van der Waals surface area contributed by atoms with Gasteiger partial charge in [-0.1, -0.05) is 6.07 Å². The standard InChI is InChI=1S/C21H30N2O5/c1-14-9-19(27-3)15(2)8-16(14)11-22-12-17(10-18(13-22)21(25)26)20(24)23-4-6-28-7-5-23/h8-9,17-18H,4-7,10-13H2,1-3H3,(H,25,26)/t17-,18+/m1/s1. The summed E-state index contributed by atoms with van der Waals surface area (Å²) in [7, 11) is 1.66. The second-order valence-corrected chi connectivity index (χ2v) is 7.85. The number of morpholine rings is 1. The molecule has 0 saturated carbocycles. The van der Waals surface area contributed by atoms with Crippen molar-refractivity contribution in [2.45, 2.75) is 26.8 Å². The Hall–Kier alpha value is -2.12. The minimum atomic E-state index is -0.827. The van der Waals surface area contributed by atoms with Crippen LogP contribution in [-0.4, -0.2) is 73.3 Å². The lowest BCUT2D eigenvalue weighted by molar-refractivity contribution is -0.149. The number of piperidine rings is 1. The number of aliphatic carboxylic acids is 1. The predicted octanol–water partition coefficient (Wildman–Crippen LogP) is 1.69. The molecule has 0 unspecified atom stereocenters. The summed E-state index contributed by atoms with van der Waals surface area (Å²) in [5.41, 5.74) is 3.30. The first kappa shape index (κ1) is 20.6. The third-order valence-electron chi connectivity index (χ3n) is 5.79. The van der Waals surface area contributed by atoms with Crippen LogP contribution in [0.5, 0.6) is 5.75 Å². The number of carbonyl (C=O) groups is 2. The molecule has 0 aromatic heterocycles. The van der Waals surface area contributed by atoms with Gasteiger partial charge in [-0.25, -0.2) is 0 Å². The smallest absolute Gasteiger partial charge is 0.307 e. The number of rotatable bonds is 5. The number of methoxy groups -OCH3 is 1. The van der Waals surface area contributed by atoms with Crippen molar-refractivity contribution >= 4 is 11.9 Å². The van der Waals surface area contributed by atoms with Crippen LogP contribution in [0.4, 0.5) is 0 Å². The van der Waals surface area contributed by atoms with Crippen LogP contribution in [0, 0.1) is 25.7 Å². The average Bonchev–Trinajstić information content (AvgIpc) is 2.70. The van der Waals surface area contributed by atoms with E-state index < -0.39 is 11.9 Å². The van der Waals surface area contributed by atoms with Crippen molar-refractivity contribution in [2.75, 3.05) is 46.5 Å². The number of nitrogens with zero attached hydrogens (tertiary/aromatic N) is 2. The predicted molar refractivity (Wildman–Crippen MR) is 104 cm³/mol. The summed E-state index contributed by atoms with van der Waals surface area (Å²) >= 11 is 0.